The smallest absolute Gasteiger partial charge is 0.330 e. The van der Waals surface area contributed by atoms with Gasteiger partial charge >= 0.3 is 5.69 Å². The number of carbonyl (C=O) groups is 1. The van der Waals surface area contributed by atoms with E-state index >= 15 is 0 Å². The van der Waals surface area contributed by atoms with E-state index in [0.29, 0.717) is 49.0 Å². The standard InChI is InChI=1S/C22H28N6O4/c1-3-8-28-20-18(21(30)25-22(28)31)27(10-9-26-11-13-32-14-12-26)19(24-20)16-4-6-17(7-5-16)23-15(2)29/h4-7H,3,8-14H2,1-2H3,(H,23,29)(H,25,30,31). The van der Waals surface area contributed by atoms with Crippen LogP contribution in [0, 0.1) is 0 Å². The zero-order chi connectivity index (χ0) is 22.7. The molecule has 10 heteroatoms. The van der Waals surface area contributed by atoms with Crippen LogP contribution in [0.1, 0.15) is 20.3 Å². The molecular weight excluding hydrogens is 412 g/mol. The van der Waals surface area contributed by atoms with Gasteiger partial charge in [-0.05, 0) is 30.7 Å². The Morgan fingerprint density at radius 2 is 1.81 bits per heavy atom. The van der Waals surface area contributed by atoms with Gasteiger partial charge in [0.15, 0.2) is 11.2 Å². The highest BCUT2D eigenvalue weighted by Gasteiger charge is 2.20. The highest BCUT2D eigenvalue weighted by molar-refractivity contribution is 5.89. The molecule has 10 nitrogen and oxygen atoms in total. The number of nitrogens with zero attached hydrogens (tertiary/aromatic N) is 4. The first kappa shape index (κ1) is 22.0. The Balaban J connectivity index is 1.81. The van der Waals surface area contributed by atoms with E-state index in [0.717, 1.165) is 31.6 Å². The minimum Gasteiger partial charge on any atom is -0.379 e. The van der Waals surface area contributed by atoms with Gasteiger partial charge in [-0.25, -0.2) is 9.78 Å². The van der Waals surface area contributed by atoms with E-state index < -0.39 is 11.2 Å². The van der Waals surface area contributed by atoms with Gasteiger partial charge in [-0.2, -0.15) is 0 Å². The fourth-order valence-corrected chi connectivity index (χ4v) is 4.01. The summed E-state index contributed by atoms with van der Waals surface area (Å²) < 4.78 is 8.85. The predicted octanol–water partition coefficient (Wildman–Crippen LogP) is 1.25. The normalized spacial score (nSPS) is 14.7. The fraction of sp³-hybridized carbons (Fsp3) is 0.455. The Morgan fingerprint density at radius 1 is 1.09 bits per heavy atom. The number of amides is 1. The second-order valence-corrected chi connectivity index (χ2v) is 7.88. The van der Waals surface area contributed by atoms with Crippen LogP contribution in [0.4, 0.5) is 5.69 Å². The lowest BCUT2D eigenvalue weighted by atomic mass is 10.2. The summed E-state index contributed by atoms with van der Waals surface area (Å²) in [6.45, 7) is 8.24. The molecule has 0 spiro atoms. The van der Waals surface area contributed by atoms with Crippen LogP contribution in [0.25, 0.3) is 22.6 Å². The first-order valence-electron chi connectivity index (χ1n) is 10.9. The van der Waals surface area contributed by atoms with Gasteiger partial charge in [0.25, 0.3) is 5.56 Å². The summed E-state index contributed by atoms with van der Waals surface area (Å²) in [5.41, 5.74) is 1.38. The summed E-state index contributed by atoms with van der Waals surface area (Å²) in [5.74, 6) is 0.467. The van der Waals surface area contributed by atoms with E-state index in [1.807, 2.05) is 23.6 Å². The van der Waals surface area contributed by atoms with Crippen LogP contribution in [0.15, 0.2) is 33.9 Å². The molecule has 32 heavy (non-hydrogen) atoms. The number of ether oxygens (including phenoxy) is 1. The van der Waals surface area contributed by atoms with Crippen molar-refractivity contribution in [1.29, 1.82) is 0 Å². The molecular formula is C22H28N6O4. The number of benzene rings is 1. The molecule has 1 saturated heterocycles. The summed E-state index contributed by atoms with van der Waals surface area (Å²) in [4.78, 5) is 46.1. The van der Waals surface area contributed by atoms with E-state index in [-0.39, 0.29) is 5.91 Å². The molecule has 1 aromatic carbocycles. The lowest BCUT2D eigenvalue weighted by molar-refractivity contribution is -0.114. The van der Waals surface area contributed by atoms with Crippen LogP contribution >= 0.6 is 0 Å². The molecule has 0 aliphatic carbocycles. The second kappa shape index (κ2) is 9.49. The summed E-state index contributed by atoms with van der Waals surface area (Å²) in [5, 5.41) is 2.75. The average Bonchev–Trinajstić information content (AvgIpc) is 3.16. The van der Waals surface area contributed by atoms with Crippen molar-refractivity contribution in [2.45, 2.75) is 33.4 Å². The van der Waals surface area contributed by atoms with Crippen molar-refractivity contribution in [3.05, 3.63) is 45.1 Å². The van der Waals surface area contributed by atoms with Gasteiger partial charge in [-0.3, -0.25) is 24.0 Å². The number of hydrogen-bond donors (Lipinski definition) is 2. The number of imidazole rings is 1. The molecule has 2 aromatic heterocycles. The van der Waals surface area contributed by atoms with Crippen molar-refractivity contribution in [1.82, 2.24) is 24.0 Å². The Kier molecular flexibility index (Phi) is 6.52. The number of aromatic amines is 1. The fourth-order valence-electron chi connectivity index (χ4n) is 4.01. The molecule has 0 radical (unpaired) electrons. The third kappa shape index (κ3) is 4.51. The quantitative estimate of drug-likeness (QED) is 0.572. The first-order chi connectivity index (χ1) is 15.5. The van der Waals surface area contributed by atoms with Crippen molar-refractivity contribution < 1.29 is 9.53 Å². The summed E-state index contributed by atoms with van der Waals surface area (Å²) >= 11 is 0. The van der Waals surface area contributed by atoms with Crippen molar-refractivity contribution >= 4 is 22.8 Å². The zero-order valence-electron chi connectivity index (χ0n) is 18.4. The van der Waals surface area contributed by atoms with Crippen molar-refractivity contribution in [2.24, 2.45) is 0 Å². The van der Waals surface area contributed by atoms with Gasteiger partial charge < -0.3 is 14.6 Å². The van der Waals surface area contributed by atoms with E-state index in [1.165, 1.54) is 11.5 Å². The highest BCUT2D eigenvalue weighted by atomic mass is 16.5. The minimum absolute atomic E-state index is 0.148. The number of hydrogen-bond acceptors (Lipinski definition) is 6. The highest BCUT2D eigenvalue weighted by Crippen LogP contribution is 2.24. The van der Waals surface area contributed by atoms with E-state index in [4.69, 9.17) is 9.72 Å². The number of anilines is 1. The largest absolute Gasteiger partial charge is 0.379 e. The molecule has 0 bridgehead atoms. The molecule has 1 aliphatic rings. The van der Waals surface area contributed by atoms with Gasteiger partial charge in [0.05, 0.1) is 13.2 Å². The molecule has 1 fully saturated rings. The number of fused-ring (bicyclic) bond motifs is 1. The SMILES string of the molecule is CCCn1c(=O)[nH]c(=O)c2c1nc(-c1ccc(NC(C)=O)cc1)n2CCN1CCOCC1. The van der Waals surface area contributed by atoms with Crippen molar-refractivity contribution in [3.8, 4) is 11.4 Å². The third-order valence-electron chi connectivity index (χ3n) is 5.54. The van der Waals surface area contributed by atoms with Crippen LogP contribution in [0.3, 0.4) is 0 Å². The van der Waals surface area contributed by atoms with Gasteiger partial charge in [-0.1, -0.05) is 6.92 Å². The number of aryl methyl sites for hydroxylation is 1. The molecule has 0 atom stereocenters. The van der Waals surface area contributed by atoms with Crippen LogP contribution in [0.5, 0.6) is 0 Å². The van der Waals surface area contributed by atoms with E-state index in [1.54, 1.807) is 12.1 Å². The summed E-state index contributed by atoms with van der Waals surface area (Å²) in [6.07, 6.45) is 0.739. The van der Waals surface area contributed by atoms with E-state index in [2.05, 4.69) is 15.2 Å². The number of H-pyrrole nitrogens is 1. The van der Waals surface area contributed by atoms with Gasteiger partial charge in [0, 0.05) is 50.9 Å². The molecule has 170 valence electrons. The Bertz CT molecular complexity index is 1220. The van der Waals surface area contributed by atoms with Crippen LogP contribution in [-0.4, -0.2) is 62.8 Å². The summed E-state index contributed by atoms with van der Waals surface area (Å²) in [6, 6.07) is 7.31. The maximum absolute atomic E-state index is 12.8. The minimum atomic E-state index is -0.449. The average molecular weight is 441 g/mol. The Morgan fingerprint density at radius 3 is 2.47 bits per heavy atom. The molecule has 0 unspecified atom stereocenters. The number of rotatable bonds is 7. The van der Waals surface area contributed by atoms with Crippen LogP contribution in [-0.2, 0) is 22.6 Å². The maximum atomic E-state index is 12.8. The lowest BCUT2D eigenvalue weighted by Gasteiger charge is -2.26. The molecule has 4 rings (SSSR count). The molecule has 2 N–H and O–H groups in total. The third-order valence-corrected chi connectivity index (χ3v) is 5.54. The monoisotopic (exact) mass is 440 g/mol. The number of morpholine rings is 1. The Hall–Kier alpha value is -3.24. The molecule has 1 aliphatic heterocycles. The molecule has 3 aromatic rings. The van der Waals surface area contributed by atoms with Gasteiger partial charge in [-0.15, -0.1) is 0 Å². The van der Waals surface area contributed by atoms with Gasteiger partial charge in [0.2, 0.25) is 5.91 Å². The number of carbonyl (C=O) groups excluding carboxylic acids is 1. The van der Waals surface area contributed by atoms with Gasteiger partial charge in [0.1, 0.15) is 5.82 Å². The van der Waals surface area contributed by atoms with Crippen LogP contribution < -0.4 is 16.6 Å². The van der Waals surface area contributed by atoms with Crippen molar-refractivity contribution in [3.63, 3.8) is 0 Å². The number of nitrogens with one attached hydrogen (secondary N) is 2. The molecule has 3 heterocycles. The summed E-state index contributed by atoms with van der Waals surface area (Å²) in [7, 11) is 0. The molecule has 0 saturated carbocycles. The maximum Gasteiger partial charge on any atom is 0.330 e. The predicted molar refractivity (Wildman–Crippen MR) is 122 cm³/mol. The lowest BCUT2D eigenvalue weighted by Crippen LogP contribution is -2.38. The number of aromatic nitrogens is 4. The van der Waals surface area contributed by atoms with E-state index in [9.17, 15) is 14.4 Å². The van der Waals surface area contributed by atoms with Crippen LogP contribution in [0.2, 0.25) is 0 Å². The zero-order valence-corrected chi connectivity index (χ0v) is 18.4. The second-order valence-electron chi connectivity index (χ2n) is 7.88. The molecule has 1 amide bonds. The first-order valence-corrected chi connectivity index (χ1v) is 10.9. The van der Waals surface area contributed by atoms with Crippen molar-refractivity contribution in [2.75, 3.05) is 38.2 Å². The topological polar surface area (TPSA) is 114 Å². The Labute approximate surface area is 184 Å².